The summed E-state index contributed by atoms with van der Waals surface area (Å²) in [4.78, 5) is 26.9. The predicted molar refractivity (Wildman–Crippen MR) is 143 cm³/mol. The van der Waals surface area contributed by atoms with Crippen LogP contribution in [0.3, 0.4) is 0 Å². The fraction of sp³-hybridized carbons (Fsp3) is 0.481. The lowest BCUT2D eigenvalue weighted by Crippen LogP contribution is -2.27. The van der Waals surface area contributed by atoms with Crippen LogP contribution in [0.15, 0.2) is 42.9 Å². The van der Waals surface area contributed by atoms with Crippen molar-refractivity contribution < 1.29 is 28.9 Å². The van der Waals surface area contributed by atoms with E-state index in [1.807, 2.05) is 36.7 Å². The second-order valence-electron chi connectivity index (χ2n) is 8.74. The van der Waals surface area contributed by atoms with Gasteiger partial charge < -0.3 is 39.1 Å². The molecule has 39 heavy (non-hydrogen) atoms. The van der Waals surface area contributed by atoms with Gasteiger partial charge in [0.05, 0.1) is 57.8 Å². The number of hydrogen-bond donors (Lipinski definition) is 3. The molecule has 0 spiro atoms. The van der Waals surface area contributed by atoms with Gasteiger partial charge in [-0.25, -0.2) is 9.78 Å². The molecule has 0 aliphatic rings. The van der Waals surface area contributed by atoms with E-state index in [1.165, 1.54) is 0 Å². The van der Waals surface area contributed by atoms with Gasteiger partial charge in [0.2, 0.25) is 5.91 Å². The van der Waals surface area contributed by atoms with E-state index in [2.05, 4.69) is 30.8 Å². The van der Waals surface area contributed by atoms with E-state index in [4.69, 9.17) is 19.3 Å². The number of carbonyl (C=O) groups is 2. The molecule has 3 rings (SSSR count). The summed E-state index contributed by atoms with van der Waals surface area (Å²) in [5, 5.41) is 23.8. The van der Waals surface area contributed by atoms with Crippen molar-refractivity contribution in [2.24, 2.45) is 0 Å². The summed E-state index contributed by atoms with van der Waals surface area (Å²) < 4.78 is 20.2. The van der Waals surface area contributed by atoms with E-state index in [9.17, 15) is 14.9 Å². The Hall–Kier alpha value is -3.92. The topological polar surface area (TPSA) is 153 Å². The van der Waals surface area contributed by atoms with Crippen molar-refractivity contribution in [3.63, 3.8) is 0 Å². The van der Waals surface area contributed by atoms with E-state index in [1.54, 1.807) is 6.20 Å². The van der Waals surface area contributed by atoms with E-state index in [0.717, 1.165) is 36.1 Å². The van der Waals surface area contributed by atoms with Crippen molar-refractivity contribution in [2.45, 2.75) is 32.4 Å². The highest BCUT2D eigenvalue weighted by atomic mass is 16.5. The molecule has 0 aliphatic carbocycles. The lowest BCUT2D eigenvalue weighted by molar-refractivity contribution is -0.121. The molecule has 1 aromatic carbocycles. The molecule has 12 nitrogen and oxygen atoms in total. The lowest BCUT2D eigenvalue weighted by Gasteiger charge is -2.10. The number of hydrogen-bond acceptors (Lipinski definition) is 7. The Kier molecular flexibility index (Phi) is 12.8. The molecule has 2 amide bonds. The number of aryl methyl sites for hydroxylation is 1. The summed E-state index contributed by atoms with van der Waals surface area (Å²) in [6.07, 6.45) is 6.76. The van der Waals surface area contributed by atoms with E-state index in [-0.39, 0.29) is 12.5 Å². The SMILES string of the molecule is N#Cc1ccc2ccn(Cc3nccn3CCCCC(=O)NCCOCCOCCOCCNC(=O)O)c2c1. The van der Waals surface area contributed by atoms with Gasteiger partial charge in [0.15, 0.2) is 0 Å². The first kappa shape index (κ1) is 29.6. The van der Waals surface area contributed by atoms with Gasteiger partial charge in [-0.1, -0.05) is 6.07 Å². The fourth-order valence-electron chi connectivity index (χ4n) is 3.93. The van der Waals surface area contributed by atoms with Gasteiger partial charge in [0.25, 0.3) is 0 Å². The number of rotatable bonds is 19. The van der Waals surface area contributed by atoms with Crippen LogP contribution in [0.4, 0.5) is 4.79 Å². The van der Waals surface area contributed by atoms with Crippen LogP contribution in [0, 0.1) is 11.3 Å². The molecular formula is C27H36N6O6. The van der Waals surface area contributed by atoms with Crippen molar-refractivity contribution in [3.8, 4) is 6.07 Å². The summed E-state index contributed by atoms with van der Waals surface area (Å²) in [6.45, 7) is 4.41. The Morgan fingerprint density at radius 2 is 1.64 bits per heavy atom. The number of nitrogens with zero attached hydrogens (tertiary/aromatic N) is 4. The van der Waals surface area contributed by atoms with Crippen molar-refractivity contribution in [1.29, 1.82) is 5.26 Å². The van der Waals surface area contributed by atoms with Crippen molar-refractivity contribution in [2.75, 3.05) is 52.7 Å². The Bertz CT molecular complexity index is 1220. The molecule has 2 aromatic heterocycles. The molecule has 2 heterocycles. The van der Waals surface area contributed by atoms with Gasteiger partial charge >= 0.3 is 6.09 Å². The summed E-state index contributed by atoms with van der Waals surface area (Å²) in [6, 6.07) is 9.89. The molecule has 0 saturated carbocycles. The van der Waals surface area contributed by atoms with Crippen LogP contribution in [-0.4, -0.2) is 84.0 Å². The summed E-state index contributed by atoms with van der Waals surface area (Å²) in [5.74, 6) is 0.934. The molecule has 0 saturated heterocycles. The van der Waals surface area contributed by atoms with E-state index >= 15 is 0 Å². The van der Waals surface area contributed by atoms with Crippen LogP contribution >= 0.6 is 0 Å². The standard InChI is InChI=1S/C27H36N6O6/c28-20-22-4-5-23-6-11-33(24(23)19-22)21-25-29-7-12-32(25)10-2-1-3-26(34)30-8-13-37-15-17-39-18-16-38-14-9-31-27(35)36/h4-7,11-12,19,31H,1-3,8-10,13-18,21H2,(H,30,34)(H,35,36). The predicted octanol–water partition coefficient (Wildman–Crippen LogP) is 2.36. The van der Waals surface area contributed by atoms with Crippen LogP contribution in [0.5, 0.6) is 0 Å². The third kappa shape index (κ3) is 10.8. The Morgan fingerprint density at radius 3 is 2.36 bits per heavy atom. The number of benzene rings is 1. The minimum atomic E-state index is -1.07. The minimum Gasteiger partial charge on any atom is -0.465 e. The molecule has 0 bridgehead atoms. The molecule has 0 radical (unpaired) electrons. The zero-order chi connectivity index (χ0) is 27.7. The molecule has 210 valence electrons. The summed E-state index contributed by atoms with van der Waals surface area (Å²) in [7, 11) is 0. The first-order valence-corrected chi connectivity index (χ1v) is 13.0. The molecule has 0 unspecified atom stereocenters. The fourth-order valence-corrected chi connectivity index (χ4v) is 3.93. The number of amides is 2. The average molecular weight is 541 g/mol. The Balaban J connectivity index is 1.20. The Morgan fingerprint density at radius 1 is 0.923 bits per heavy atom. The maximum atomic E-state index is 12.1. The van der Waals surface area contributed by atoms with E-state index < -0.39 is 6.09 Å². The number of ether oxygens (including phenoxy) is 3. The van der Waals surface area contributed by atoms with Gasteiger partial charge in [0.1, 0.15) is 5.82 Å². The van der Waals surface area contributed by atoms with Gasteiger partial charge in [0, 0.05) is 50.2 Å². The third-order valence-electron chi connectivity index (χ3n) is 5.90. The zero-order valence-corrected chi connectivity index (χ0v) is 22.0. The lowest BCUT2D eigenvalue weighted by atomic mass is 10.2. The molecule has 12 heteroatoms. The van der Waals surface area contributed by atoms with Crippen molar-refractivity contribution in [1.82, 2.24) is 24.8 Å². The van der Waals surface area contributed by atoms with Gasteiger partial charge in [-0.15, -0.1) is 0 Å². The largest absolute Gasteiger partial charge is 0.465 e. The first-order valence-electron chi connectivity index (χ1n) is 13.0. The highest BCUT2D eigenvalue weighted by molar-refractivity contribution is 5.81. The monoisotopic (exact) mass is 540 g/mol. The quantitative estimate of drug-likeness (QED) is 0.196. The number of carbonyl (C=O) groups excluding carboxylic acids is 1. The van der Waals surface area contributed by atoms with Crippen molar-refractivity contribution >= 4 is 22.9 Å². The first-order chi connectivity index (χ1) is 19.1. The number of imidazole rings is 1. The third-order valence-corrected chi connectivity index (χ3v) is 5.90. The average Bonchev–Trinajstić information content (AvgIpc) is 3.55. The number of aromatic nitrogens is 3. The second-order valence-corrected chi connectivity index (χ2v) is 8.74. The maximum Gasteiger partial charge on any atom is 0.404 e. The molecule has 0 fully saturated rings. The molecular weight excluding hydrogens is 504 g/mol. The number of nitriles is 1. The highest BCUT2D eigenvalue weighted by Crippen LogP contribution is 2.19. The van der Waals surface area contributed by atoms with Crippen LogP contribution in [-0.2, 0) is 32.1 Å². The van der Waals surface area contributed by atoms with Crippen LogP contribution < -0.4 is 10.6 Å². The number of carboxylic acid groups (broad SMARTS) is 1. The number of fused-ring (bicyclic) bond motifs is 1. The van der Waals surface area contributed by atoms with Crippen LogP contribution in [0.25, 0.3) is 10.9 Å². The van der Waals surface area contributed by atoms with Crippen LogP contribution in [0.2, 0.25) is 0 Å². The number of nitrogens with one attached hydrogen (secondary N) is 2. The van der Waals surface area contributed by atoms with E-state index in [0.29, 0.717) is 64.7 Å². The molecule has 0 aliphatic heterocycles. The molecule has 0 atom stereocenters. The zero-order valence-electron chi connectivity index (χ0n) is 22.0. The summed E-state index contributed by atoms with van der Waals surface area (Å²) in [5.41, 5.74) is 1.64. The summed E-state index contributed by atoms with van der Waals surface area (Å²) >= 11 is 0. The van der Waals surface area contributed by atoms with Gasteiger partial charge in [-0.3, -0.25) is 4.79 Å². The van der Waals surface area contributed by atoms with Crippen LogP contribution in [0.1, 0.15) is 30.7 Å². The number of unbranched alkanes of at least 4 members (excludes halogenated alkanes) is 1. The van der Waals surface area contributed by atoms with Gasteiger partial charge in [-0.05, 0) is 36.4 Å². The Labute approximate surface area is 227 Å². The molecule has 3 N–H and O–H groups in total. The smallest absolute Gasteiger partial charge is 0.404 e. The second kappa shape index (κ2) is 16.8. The normalized spacial score (nSPS) is 10.9. The molecule has 3 aromatic rings. The maximum absolute atomic E-state index is 12.1. The van der Waals surface area contributed by atoms with Crippen molar-refractivity contribution in [3.05, 3.63) is 54.2 Å². The highest BCUT2D eigenvalue weighted by Gasteiger charge is 2.08. The minimum absolute atomic E-state index is 0.00218. The van der Waals surface area contributed by atoms with Gasteiger partial charge in [-0.2, -0.15) is 5.26 Å².